The molecule has 5 nitrogen and oxygen atoms in total. The number of ether oxygens (including phenoxy) is 2. The van der Waals surface area contributed by atoms with Gasteiger partial charge in [0.15, 0.2) is 11.5 Å². The van der Waals surface area contributed by atoms with Crippen LogP contribution < -0.4 is 20.1 Å². The Morgan fingerprint density at radius 3 is 2.75 bits per heavy atom. The third-order valence-corrected chi connectivity index (χ3v) is 3.26. The number of fused-ring (bicyclic) bond motifs is 1. The molecule has 0 fully saturated rings. The highest BCUT2D eigenvalue weighted by Gasteiger charge is 2.18. The van der Waals surface area contributed by atoms with Crippen LogP contribution >= 0.6 is 0 Å². The second kappa shape index (κ2) is 6.61. The fraction of sp³-hybridized carbons (Fsp3) is 0.533. The van der Waals surface area contributed by atoms with E-state index in [-0.39, 0.29) is 18.7 Å². The number of likely N-dealkylation sites (N-methyl/N-ethyl adjacent to an activating group) is 1. The minimum absolute atomic E-state index is 0.0273. The van der Waals surface area contributed by atoms with Crippen molar-refractivity contribution in [2.75, 3.05) is 13.8 Å². The van der Waals surface area contributed by atoms with Crippen LogP contribution in [0.4, 0.5) is 0 Å². The number of amides is 1. The average Bonchev–Trinajstić information content (AvgIpc) is 2.89. The van der Waals surface area contributed by atoms with Crippen molar-refractivity contribution in [1.29, 1.82) is 0 Å². The molecule has 2 rings (SSSR count). The number of benzene rings is 1. The summed E-state index contributed by atoms with van der Waals surface area (Å²) in [4.78, 5) is 11.8. The summed E-state index contributed by atoms with van der Waals surface area (Å²) in [6.07, 6.45) is 0.810. The smallest absolute Gasteiger partial charge is 0.236 e. The van der Waals surface area contributed by atoms with Crippen LogP contribution in [0.3, 0.4) is 0 Å². The lowest BCUT2D eigenvalue weighted by molar-refractivity contribution is -0.123. The van der Waals surface area contributed by atoms with Crippen LogP contribution in [-0.4, -0.2) is 25.8 Å². The normalized spacial score (nSPS) is 14.4. The Kier molecular flexibility index (Phi) is 4.84. The van der Waals surface area contributed by atoms with Crippen LogP contribution in [0.25, 0.3) is 0 Å². The van der Waals surface area contributed by atoms with Gasteiger partial charge in [0.1, 0.15) is 0 Å². The van der Waals surface area contributed by atoms with Crippen molar-refractivity contribution in [3.05, 3.63) is 23.8 Å². The monoisotopic (exact) mass is 278 g/mol. The van der Waals surface area contributed by atoms with E-state index in [1.54, 1.807) is 7.05 Å². The van der Waals surface area contributed by atoms with Crippen LogP contribution in [0.1, 0.15) is 25.8 Å². The van der Waals surface area contributed by atoms with Crippen molar-refractivity contribution >= 4 is 5.91 Å². The van der Waals surface area contributed by atoms with Crippen LogP contribution in [0.2, 0.25) is 0 Å². The van der Waals surface area contributed by atoms with Crippen molar-refractivity contribution < 1.29 is 14.3 Å². The largest absolute Gasteiger partial charge is 0.454 e. The summed E-state index contributed by atoms with van der Waals surface area (Å²) in [5.74, 6) is 2.03. The quantitative estimate of drug-likeness (QED) is 0.831. The van der Waals surface area contributed by atoms with Gasteiger partial charge in [0, 0.05) is 13.6 Å². The number of rotatable bonds is 6. The van der Waals surface area contributed by atoms with Crippen molar-refractivity contribution in [2.24, 2.45) is 5.92 Å². The van der Waals surface area contributed by atoms with Gasteiger partial charge in [-0.15, -0.1) is 0 Å². The lowest BCUT2D eigenvalue weighted by atomic mass is 10.0. The molecule has 20 heavy (non-hydrogen) atoms. The lowest BCUT2D eigenvalue weighted by Gasteiger charge is -2.19. The molecule has 1 heterocycles. The van der Waals surface area contributed by atoms with Crippen LogP contribution in [-0.2, 0) is 11.3 Å². The average molecular weight is 278 g/mol. The Balaban J connectivity index is 1.96. The zero-order valence-electron chi connectivity index (χ0n) is 12.2. The number of carbonyl (C=O) groups is 1. The maximum Gasteiger partial charge on any atom is 0.236 e. The van der Waals surface area contributed by atoms with E-state index in [2.05, 4.69) is 24.5 Å². The van der Waals surface area contributed by atoms with E-state index in [0.29, 0.717) is 12.5 Å². The second-order valence-electron chi connectivity index (χ2n) is 5.36. The maximum absolute atomic E-state index is 11.8. The molecule has 1 atom stereocenters. The van der Waals surface area contributed by atoms with Crippen molar-refractivity contribution in [3.63, 3.8) is 0 Å². The standard InChI is InChI=1S/C15H22N2O3/c1-10(2)6-12(15(18)16-3)17-8-11-4-5-13-14(7-11)20-9-19-13/h4-5,7,10,12,17H,6,8-9H2,1-3H3,(H,16,18). The van der Waals surface area contributed by atoms with E-state index in [0.717, 1.165) is 23.5 Å². The Hall–Kier alpha value is -1.75. The topological polar surface area (TPSA) is 59.6 Å². The van der Waals surface area contributed by atoms with E-state index in [1.807, 2.05) is 18.2 Å². The van der Waals surface area contributed by atoms with E-state index in [1.165, 1.54) is 0 Å². The Morgan fingerprint density at radius 2 is 2.05 bits per heavy atom. The lowest BCUT2D eigenvalue weighted by Crippen LogP contribution is -2.43. The Labute approximate surface area is 119 Å². The summed E-state index contributed by atoms with van der Waals surface area (Å²) < 4.78 is 10.6. The highest BCUT2D eigenvalue weighted by Crippen LogP contribution is 2.32. The second-order valence-corrected chi connectivity index (χ2v) is 5.36. The molecule has 1 aromatic rings. The molecular weight excluding hydrogens is 256 g/mol. The van der Waals surface area contributed by atoms with E-state index in [4.69, 9.17) is 9.47 Å². The van der Waals surface area contributed by atoms with Crippen LogP contribution in [0.5, 0.6) is 11.5 Å². The van der Waals surface area contributed by atoms with Crippen LogP contribution in [0, 0.1) is 5.92 Å². The van der Waals surface area contributed by atoms with Gasteiger partial charge in [-0.05, 0) is 30.0 Å². The molecule has 1 unspecified atom stereocenters. The van der Waals surface area contributed by atoms with Gasteiger partial charge in [-0.2, -0.15) is 0 Å². The van der Waals surface area contributed by atoms with E-state index >= 15 is 0 Å². The van der Waals surface area contributed by atoms with Crippen molar-refractivity contribution in [1.82, 2.24) is 10.6 Å². The van der Waals surface area contributed by atoms with Gasteiger partial charge in [0.05, 0.1) is 6.04 Å². The van der Waals surface area contributed by atoms with E-state index < -0.39 is 0 Å². The fourth-order valence-corrected chi connectivity index (χ4v) is 2.22. The molecular formula is C15H22N2O3. The SMILES string of the molecule is CNC(=O)C(CC(C)C)NCc1ccc2c(c1)OCO2. The molecule has 0 aromatic heterocycles. The van der Waals surface area contributed by atoms with Gasteiger partial charge < -0.3 is 20.1 Å². The molecule has 0 bridgehead atoms. The Bertz CT molecular complexity index is 474. The third kappa shape index (κ3) is 3.63. The predicted molar refractivity (Wildman–Crippen MR) is 76.7 cm³/mol. The summed E-state index contributed by atoms with van der Waals surface area (Å²) in [6, 6.07) is 5.66. The fourth-order valence-electron chi connectivity index (χ4n) is 2.22. The highest BCUT2D eigenvalue weighted by atomic mass is 16.7. The summed E-state index contributed by atoms with van der Waals surface area (Å²) in [6.45, 7) is 5.12. The van der Waals surface area contributed by atoms with Gasteiger partial charge in [-0.1, -0.05) is 19.9 Å². The predicted octanol–water partition coefficient (Wildman–Crippen LogP) is 1.67. The first kappa shape index (κ1) is 14.7. The van der Waals surface area contributed by atoms with Gasteiger partial charge in [0.2, 0.25) is 12.7 Å². The number of nitrogens with one attached hydrogen (secondary N) is 2. The molecule has 1 amide bonds. The Morgan fingerprint density at radius 1 is 1.30 bits per heavy atom. The maximum atomic E-state index is 11.8. The third-order valence-electron chi connectivity index (χ3n) is 3.26. The first-order chi connectivity index (χ1) is 9.60. The molecule has 0 spiro atoms. The summed E-state index contributed by atoms with van der Waals surface area (Å²) in [7, 11) is 1.66. The zero-order valence-corrected chi connectivity index (χ0v) is 12.2. The molecule has 5 heteroatoms. The van der Waals surface area contributed by atoms with Gasteiger partial charge in [-0.3, -0.25) is 4.79 Å². The molecule has 1 aromatic carbocycles. The van der Waals surface area contributed by atoms with Crippen LogP contribution in [0.15, 0.2) is 18.2 Å². The first-order valence-electron chi connectivity index (χ1n) is 6.93. The van der Waals surface area contributed by atoms with Crippen molar-refractivity contribution in [3.8, 4) is 11.5 Å². The van der Waals surface area contributed by atoms with E-state index in [9.17, 15) is 4.79 Å². The molecule has 1 aliphatic rings. The molecule has 0 radical (unpaired) electrons. The molecule has 2 N–H and O–H groups in total. The highest BCUT2D eigenvalue weighted by molar-refractivity contribution is 5.81. The first-order valence-corrected chi connectivity index (χ1v) is 6.93. The molecule has 0 saturated carbocycles. The summed E-state index contributed by atoms with van der Waals surface area (Å²) in [5, 5.41) is 6.00. The zero-order chi connectivity index (χ0) is 14.5. The minimum atomic E-state index is -0.176. The van der Waals surface area contributed by atoms with Gasteiger partial charge in [-0.25, -0.2) is 0 Å². The molecule has 0 aliphatic carbocycles. The van der Waals surface area contributed by atoms with Gasteiger partial charge >= 0.3 is 0 Å². The summed E-state index contributed by atoms with van der Waals surface area (Å²) in [5.41, 5.74) is 1.08. The van der Waals surface area contributed by atoms with Gasteiger partial charge in [0.25, 0.3) is 0 Å². The molecule has 1 aliphatic heterocycles. The molecule has 0 saturated heterocycles. The summed E-state index contributed by atoms with van der Waals surface area (Å²) >= 11 is 0. The number of hydrogen-bond donors (Lipinski definition) is 2. The number of hydrogen-bond acceptors (Lipinski definition) is 4. The molecule has 110 valence electrons. The number of carbonyl (C=O) groups excluding carboxylic acids is 1. The van der Waals surface area contributed by atoms with Crippen molar-refractivity contribution in [2.45, 2.75) is 32.9 Å². The minimum Gasteiger partial charge on any atom is -0.454 e.